The molecule has 0 unspecified atom stereocenters. The van der Waals surface area contributed by atoms with E-state index in [4.69, 9.17) is 9.47 Å². The summed E-state index contributed by atoms with van der Waals surface area (Å²) < 4.78 is 25.5. The van der Waals surface area contributed by atoms with Crippen LogP contribution in [0, 0.1) is 11.7 Å². The third kappa shape index (κ3) is 4.31. The van der Waals surface area contributed by atoms with Crippen LogP contribution >= 0.6 is 0 Å². The SMILES string of the molecule is COc1cc(Cc2cc[nH]c2)c(F)cc1OCCCC1CCCC1. The third-order valence-electron chi connectivity index (χ3n) is 4.88. The molecule has 3 rings (SSSR count). The molecule has 1 aliphatic carbocycles. The lowest BCUT2D eigenvalue weighted by Gasteiger charge is -2.14. The molecule has 1 aliphatic rings. The van der Waals surface area contributed by atoms with E-state index in [0.717, 1.165) is 17.9 Å². The third-order valence-corrected chi connectivity index (χ3v) is 4.88. The summed E-state index contributed by atoms with van der Waals surface area (Å²) in [6.07, 6.45) is 11.9. The molecular weight excluding hydrogens is 305 g/mol. The van der Waals surface area contributed by atoms with E-state index in [9.17, 15) is 4.39 Å². The number of aromatic nitrogens is 1. The Labute approximate surface area is 143 Å². The number of hydrogen-bond acceptors (Lipinski definition) is 2. The van der Waals surface area contributed by atoms with Gasteiger partial charge in [0.1, 0.15) is 5.82 Å². The average molecular weight is 331 g/mol. The number of aromatic amines is 1. The van der Waals surface area contributed by atoms with Crippen molar-refractivity contribution in [1.29, 1.82) is 0 Å². The second-order valence-electron chi connectivity index (χ2n) is 6.63. The Morgan fingerprint density at radius 3 is 2.75 bits per heavy atom. The minimum absolute atomic E-state index is 0.247. The molecule has 1 heterocycles. The molecule has 24 heavy (non-hydrogen) atoms. The van der Waals surface area contributed by atoms with Gasteiger partial charge in [0.15, 0.2) is 11.5 Å². The fourth-order valence-electron chi connectivity index (χ4n) is 3.53. The summed E-state index contributed by atoms with van der Waals surface area (Å²) >= 11 is 0. The van der Waals surface area contributed by atoms with Gasteiger partial charge in [0.25, 0.3) is 0 Å². The van der Waals surface area contributed by atoms with E-state index in [-0.39, 0.29) is 5.82 Å². The molecule has 3 nitrogen and oxygen atoms in total. The predicted molar refractivity (Wildman–Crippen MR) is 93.2 cm³/mol. The van der Waals surface area contributed by atoms with E-state index < -0.39 is 0 Å². The fraction of sp³-hybridized carbons (Fsp3) is 0.500. The Morgan fingerprint density at radius 2 is 2.04 bits per heavy atom. The monoisotopic (exact) mass is 331 g/mol. The van der Waals surface area contributed by atoms with E-state index in [1.165, 1.54) is 38.2 Å². The van der Waals surface area contributed by atoms with Crippen LogP contribution < -0.4 is 9.47 Å². The molecular formula is C20H26FNO2. The Kier molecular flexibility index (Phi) is 5.78. The molecule has 0 radical (unpaired) electrons. The van der Waals surface area contributed by atoms with Gasteiger partial charge in [0, 0.05) is 24.9 Å². The van der Waals surface area contributed by atoms with Gasteiger partial charge in [0.05, 0.1) is 13.7 Å². The summed E-state index contributed by atoms with van der Waals surface area (Å²) in [7, 11) is 1.60. The number of rotatable bonds is 8. The molecule has 1 aromatic heterocycles. The van der Waals surface area contributed by atoms with Gasteiger partial charge < -0.3 is 14.5 Å². The number of benzene rings is 1. The summed E-state index contributed by atoms with van der Waals surface area (Å²) in [4.78, 5) is 2.99. The van der Waals surface area contributed by atoms with Crippen LogP contribution in [0.15, 0.2) is 30.6 Å². The molecule has 0 amide bonds. The summed E-state index contributed by atoms with van der Waals surface area (Å²) in [6.45, 7) is 0.615. The first-order chi connectivity index (χ1) is 11.8. The summed E-state index contributed by atoms with van der Waals surface area (Å²) in [5, 5.41) is 0. The molecule has 0 saturated heterocycles. The lowest BCUT2D eigenvalue weighted by molar-refractivity contribution is 0.274. The summed E-state index contributed by atoms with van der Waals surface area (Å²) in [5.41, 5.74) is 1.66. The number of methoxy groups -OCH3 is 1. The van der Waals surface area contributed by atoms with E-state index >= 15 is 0 Å². The predicted octanol–water partition coefficient (Wildman–Crippen LogP) is 5.10. The zero-order valence-corrected chi connectivity index (χ0v) is 14.3. The van der Waals surface area contributed by atoms with Crippen LogP contribution in [-0.4, -0.2) is 18.7 Å². The van der Waals surface area contributed by atoms with E-state index in [1.807, 2.05) is 18.5 Å². The van der Waals surface area contributed by atoms with Gasteiger partial charge in [-0.25, -0.2) is 4.39 Å². The van der Waals surface area contributed by atoms with Crippen molar-refractivity contribution in [2.24, 2.45) is 5.92 Å². The first-order valence-electron chi connectivity index (χ1n) is 8.87. The molecule has 1 N–H and O–H groups in total. The lowest BCUT2D eigenvalue weighted by atomic mass is 10.0. The van der Waals surface area contributed by atoms with Crippen molar-refractivity contribution in [2.45, 2.75) is 44.9 Å². The largest absolute Gasteiger partial charge is 0.493 e. The Morgan fingerprint density at radius 1 is 1.21 bits per heavy atom. The van der Waals surface area contributed by atoms with Crippen molar-refractivity contribution in [3.05, 3.63) is 47.5 Å². The maximum Gasteiger partial charge on any atom is 0.164 e. The second kappa shape index (κ2) is 8.22. The molecule has 1 fully saturated rings. The van der Waals surface area contributed by atoms with Crippen LogP contribution in [0.25, 0.3) is 0 Å². The van der Waals surface area contributed by atoms with Crippen LogP contribution in [0.2, 0.25) is 0 Å². The second-order valence-corrected chi connectivity index (χ2v) is 6.63. The molecule has 0 spiro atoms. The molecule has 4 heteroatoms. The fourth-order valence-corrected chi connectivity index (χ4v) is 3.53. The van der Waals surface area contributed by atoms with Gasteiger partial charge in [0.2, 0.25) is 0 Å². The number of nitrogens with one attached hydrogen (secondary N) is 1. The highest BCUT2D eigenvalue weighted by atomic mass is 19.1. The van der Waals surface area contributed by atoms with Crippen molar-refractivity contribution >= 4 is 0 Å². The van der Waals surface area contributed by atoms with Crippen molar-refractivity contribution in [3.8, 4) is 11.5 Å². The van der Waals surface area contributed by atoms with Gasteiger partial charge in [-0.1, -0.05) is 25.7 Å². The summed E-state index contributed by atoms with van der Waals surface area (Å²) in [6, 6.07) is 5.14. The Hall–Kier alpha value is -1.97. The van der Waals surface area contributed by atoms with Crippen LogP contribution in [-0.2, 0) is 6.42 Å². The first kappa shape index (κ1) is 16.9. The first-order valence-corrected chi connectivity index (χ1v) is 8.87. The minimum Gasteiger partial charge on any atom is -0.493 e. The van der Waals surface area contributed by atoms with Gasteiger partial charge in [-0.05, 0) is 42.0 Å². The van der Waals surface area contributed by atoms with E-state index in [0.29, 0.717) is 30.1 Å². The van der Waals surface area contributed by atoms with E-state index in [2.05, 4.69) is 4.98 Å². The van der Waals surface area contributed by atoms with Crippen molar-refractivity contribution in [3.63, 3.8) is 0 Å². The van der Waals surface area contributed by atoms with Crippen molar-refractivity contribution in [2.75, 3.05) is 13.7 Å². The molecule has 1 saturated carbocycles. The standard InChI is InChI=1S/C20H26FNO2/c1-23-19-12-17(11-16-8-9-22-14-16)18(21)13-20(19)24-10-4-7-15-5-2-3-6-15/h8-9,12-15,22H,2-7,10-11H2,1H3. The van der Waals surface area contributed by atoms with Crippen molar-refractivity contribution in [1.82, 2.24) is 4.98 Å². The Balaban J connectivity index is 1.59. The molecule has 1 aromatic carbocycles. The highest BCUT2D eigenvalue weighted by Gasteiger charge is 2.15. The summed E-state index contributed by atoms with van der Waals surface area (Å²) in [5.74, 6) is 1.71. The van der Waals surface area contributed by atoms with Gasteiger partial charge in [-0.15, -0.1) is 0 Å². The Bertz CT molecular complexity index is 633. The number of halogens is 1. The minimum atomic E-state index is -0.247. The van der Waals surface area contributed by atoms with Gasteiger partial charge >= 0.3 is 0 Å². The quantitative estimate of drug-likeness (QED) is 0.683. The van der Waals surface area contributed by atoms with Crippen LogP contribution in [0.1, 0.15) is 49.7 Å². The molecule has 2 aromatic rings. The number of hydrogen-bond donors (Lipinski definition) is 1. The highest BCUT2D eigenvalue weighted by molar-refractivity contribution is 5.45. The van der Waals surface area contributed by atoms with Crippen molar-refractivity contribution < 1.29 is 13.9 Å². The zero-order chi connectivity index (χ0) is 16.8. The smallest absolute Gasteiger partial charge is 0.164 e. The van der Waals surface area contributed by atoms with Crippen LogP contribution in [0.3, 0.4) is 0 Å². The number of H-pyrrole nitrogens is 1. The topological polar surface area (TPSA) is 34.2 Å². The molecule has 0 aliphatic heterocycles. The van der Waals surface area contributed by atoms with Crippen LogP contribution in [0.4, 0.5) is 4.39 Å². The molecule has 0 atom stereocenters. The average Bonchev–Trinajstić information content (AvgIpc) is 3.27. The molecule has 0 bridgehead atoms. The highest BCUT2D eigenvalue weighted by Crippen LogP contribution is 2.32. The maximum atomic E-state index is 14.4. The molecule has 130 valence electrons. The van der Waals surface area contributed by atoms with Crippen LogP contribution in [0.5, 0.6) is 11.5 Å². The lowest BCUT2D eigenvalue weighted by Crippen LogP contribution is -2.04. The normalized spacial score (nSPS) is 14.9. The number of ether oxygens (including phenoxy) is 2. The van der Waals surface area contributed by atoms with Gasteiger partial charge in [-0.3, -0.25) is 0 Å². The van der Waals surface area contributed by atoms with Gasteiger partial charge in [-0.2, -0.15) is 0 Å². The van der Waals surface area contributed by atoms with E-state index in [1.54, 1.807) is 13.2 Å². The maximum absolute atomic E-state index is 14.4. The zero-order valence-electron chi connectivity index (χ0n) is 14.3.